The summed E-state index contributed by atoms with van der Waals surface area (Å²) in [7, 11) is 0. The van der Waals surface area contributed by atoms with Gasteiger partial charge < -0.3 is 30.5 Å². The standard InChI is InChI=1S/C44H43N3O8S/c48-39(27-26-37(42(52)54-29-32-16-6-1-7-17-32)47-43(53)55-30-33-18-8-2-9-19-33)46-38(41(51)45-28-40(49)50)31-56-44(34-20-10-3-11-21-34,35-22-12-4-13-23-35)36-24-14-5-15-25-36/h1-25,37-38H,26-31H2,(H,45,51)(H,46,48)(H,47,53)(H,49,50)/t37-,38+/m1/s1. The second-order valence-electron chi connectivity index (χ2n) is 12.7. The van der Waals surface area contributed by atoms with E-state index in [2.05, 4.69) is 16.0 Å². The lowest BCUT2D eigenvalue weighted by Gasteiger charge is -2.36. The summed E-state index contributed by atoms with van der Waals surface area (Å²) < 4.78 is 9.99. The zero-order valence-corrected chi connectivity index (χ0v) is 31.4. The molecular formula is C44H43N3O8S. The largest absolute Gasteiger partial charge is 0.480 e. The number of amides is 3. The number of rotatable bonds is 19. The number of nitrogens with one attached hydrogen (secondary N) is 3. The van der Waals surface area contributed by atoms with Crippen LogP contribution in [-0.2, 0) is 46.6 Å². The number of alkyl carbamates (subject to hydrolysis) is 1. The fraction of sp³-hybridized carbons (Fsp3) is 0.205. The first-order valence-corrected chi connectivity index (χ1v) is 19.0. The van der Waals surface area contributed by atoms with Gasteiger partial charge in [0.05, 0.1) is 4.75 Å². The van der Waals surface area contributed by atoms with Crippen LogP contribution in [0.3, 0.4) is 0 Å². The number of esters is 1. The summed E-state index contributed by atoms with van der Waals surface area (Å²) in [5.41, 5.74) is 4.27. The first kappa shape index (κ1) is 40.8. The van der Waals surface area contributed by atoms with Crippen LogP contribution in [-0.4, -0.2) is 59.3 Å². The van der Waals surface area contributed by atoms with Crippen LogP contribution in [0.15, 0.2) is 152 Å². The summed E-state index contributed by atoms with van der Waals surface area (Å²) in [4.78, 5) is 64.7. The number of carboxylic acids is 1. The molecule has 12 heteroatoms. The molecule has 0 bridgehead atoms. The van der Waals surface area contributed by atoms with Gasteiger partial charge in [0, 0.05) is 12.2 Å². The third kappa shape index (κ3) is 11.8. The molecule has 0 spiro atoms. The predicted octanol–water partition coefficient (Wildman–Crippen LogP) is 6.22. The van der Waals surface area contributed by atoms with Gasteiger partial charge in [-0.2, -0.15) is 0 Å². The molecule has 2 atom stereocenters. The average molecular weight is 774 g/mol. The Bertz CT molecular complexity index is 1920. The van der Waals surface area contributed by atoms with Gasteiger partial charge in [-0.15, -0.1) is 11.8 Å². The highest BCUT2D eigenvalue weighted by atomic mass is 32.2. The number of hydrogen-bond donors (Lipinski definition) is 4. The molecule has 56 heavy (non-hydrogen) atoms. The number of carboxylic acid groups (broad SMARTS) is 1. The van der Waals surface area contributed by atoms with Gasteiger partial charge in [-0.25, -0.2) is 9.59 Å². The SMILES string of the molecule is O=C(O)CNC(=O)[C@H](CSC(c1ccccc1)(c1ccccc1)c1ccccc1)NC(=O)CC[C@@H](NC(=O)OCc1ccccc1)C(=O)OCc1ccccc1. The average Bonchev–Trinajstić information content (AvgIpc) is 3.24. The Morgan fingerprint density at radius 3 is 1.50 bits per heavy atom. The van der Waals surface area contributed by atoms with Crippen molar-refractivity contribution in [1.82, 2.24) is 16.0 Å². The molecule has 0 saturated heterocycles. The van der Waals surface area contributed by atoms with Crippen LogP contribution in [0.25, 0.3) is 0 Å². The highest BCUT2D eigenvalue weighted by molar-refractivity contribution is 8.00. The maximum atomic E-state index is 13.6. The maximum absolute atomic E-state index is 13.6. The maximum Gasteiger partial charge on any atom is 0.408 e. The van der Waals surface area contributed by atoms with Gasteiger partial charge >= 0.3 is 18.0 Å². The molecule has 0 saturated carbocycles. The minimum absolute atomic E-state index is 0.0302. The number of carbonyl (C=O) groups excluding carboxylic acids is 4. The number of aliphatic carboxylic acids is 1. The fourth-order valence-corrected chi connectivity index (χ4v) is 7.53. The van der Waals surface area contributed by atoms with Crippen molar-refractivity contribution < 1.29 is 38.6 Å². The summed E-state index contributed by atoms with van der Waals surface area (Å²) in [5.74, 6) is -3.29. The van der Waals surface area contributed by atoms with E-state index in [0.29, 0.717) is 0 Å². The highest BCUT2D eigenvalue weighted by Gasteiger charge is 2.38. The lowest BCUT2D eigenvalue weighted by molar-refractivity contribution is -0.147. The normalized spacial score (nSPS) is 12.0. The van der Waals surface area contributed by atoms with Crippen molar-refractivity contribution in [2.24, 2.45) is 0 Å². The van der Waals surface area contributed by atoms with Gasteiger partial charge in [-0.05, 0) is 34.2 Å². The lowest BCUT2D eigenvalue weighted by Crippen LogP contribution is -2.50. The molecular weight excluding hydrogens is 731 g/mol. The van der Waals surface area contributed by atoms with Gasteiger partial charge in [0.25, 0.3) is 0 Å². The van der Waals surface area contributed by atoms with Crippen LogP contribution >= 0.6 is 11.8 Å². The molecule has 288 valence electrons. The van der Waals surface area contributed by atoms with Crippen molar-refractivity contribution in [1.29, 1.82) is 0 Å². The van der Waals surface area contributed by atoms with E-state index in [4.69, 9.17) is 9.47 Å². The van der Waals surface area contributed by atoms with Crippen molar-refractivity contribution in [3.05, 3.63) is 179 Å². The molecule has 0 aliphatic heterocycles. The number of benzene rings is 5. The van der Waals surface area contributed by atoms with Gasteiger partial charge in [0.2, 0.25) is 11.8 Å². The highest BCUT2D eigenvalue weighted by Crippen LogP contribution is 2.48. The number of hydrogen-bond acceptors (Lipinski definition) is 8. The van der Waals surface area contributed by atoms with Gasteiger partial charge in [0.1, 0.15) is 31.8 Å². The third-order valence-corrected chi connectivity index (χ3v) is 10.4. The molecule has 5 rings (SSSR count). The molecule has 0 aliphatic carbocycles. The zero-order valence-electron chi connectivity index (χ0n) is 30.5. The monoisotopic (exact) mass is 773 g/mol. The molecule has 0 fully saturated rings. The Hall–Kier alpha value is -6.40. The van der Waals surface area contributed by atoms with E-state index in [1.807, 2.05) is 103 Å². The van der Waals surface area contributed by atoms with Gasteiger partial charge in [-0.3, -0.25) is 14.4 Å². The minimum Gasteiger partial charge on any atom is -0.480 e. The molecule has 5 aromatic rings. The van der Waals surface area contributed by atoms with Crippen LogP contribution in [0.4, 0.5) is 4.79 Å². The first-order chi connectivity index (χ1) is 27.2. The molecule has 0 aliphatic rings. The Labute approximate surface area is 329 Å². The zero-order chi connectivity index (χ0) is 39.6. The molecule has 0 aromatic heterocycles. The molecule has 0 unspecified atom stereocenters. The van der Waals surface area contributed by atoms with Crippen LogP contribution in [0.5, 0.6) is 0 Å². The Morgan fingerprint density at radius 2 is 1.04 bits per heavy atom. The molecule has 0 radical (unpaired) electrons. The van der Waals surface area contributed by atoms with Crippen LogP contribution in [0, 0.1) is 0 Å². The first-order valence-electron chi connectivity index (χ1n) is 18.0. The van der Waals surface area contributed by atoms with Crippen LogP contribution < -0.4 is 16.0 Å². The van der Waals surface area contributed by atoms with E-state index < -0.39 is 53.2 Å². The van der Waals surface area contributed by atoms with Crippen LogP contribution in [0.2, 0.25) is 0 Å². The molecule has 5 aromatic carbocycles. The van der Waals surface area contributed by atoms with Crippen molar-refractivity contribution in [3.8, 4) is 0 Å². The summed E-state index contributed by atoms with van der Waals surface area (Å²) in [6.07, 6.45) is -1.35. The predicted molar refractivity (Wildman–Crippen MR) is 213 cm³/mol. The molecule has 3 amide bonds. The number of carbonyl (C=O) groups is 5. The van der Waals surface area contributed by atoms with E-state index in [9.17, 15) is 29.1 Å². The van der Waals surface area contributed by atoms with Crippen LogP contribution in [0.1, 0.15) is 40.7 Å². The van der Waals surface area contributed by atoms with E-state index in [-0.39, 0.29) is 31.8 Å². The Kier molecular flexibility index (Phi) is 15.2. The smallest absolute Gasteiger partial charge is 0.408 e. The van der Waals surface area contributed by atoms with Gasteiger partial charge in [-0.1, -0.05) is 152 Å². The summed E-state index contributed by atoms with van der Waals surface area (Å²) in [6, 6.07) is 44.9. The molecule has 0 heterocycles. The van der Waals surface area contributed by atoms with Gasteiger partial charge in [0.15, 0.2) is 0 Å². The number of thioether (sulfide) groups is 1. The third-order valence-electron chi connectivity index (χ3n) is 8.75. The number of ether oxygens (including phenoxy) is 2. The topological polar surface area (TPSA) is 160 Å². The van der Waals surface area contributed by atoms with Crippen molar-refractivity contribution >= 4 is 41.6 Å². The second-order valence-corrected chi connectivity index (χ2v) is 13.9. The Balaban J connectivity index is 1.34. The summed E-state index contributed by atoms with van der Waals surface area (Å²) in [6.45, 7) is -0.750. The quantitative estimate of drug-likeness (QED) is 0.0565. The van der Waals surface area contributed by atoms with E-state index in [0.717, 1.165) is 27.8 Å². The second kappa shape index (κ2) is 20.9. The lowest BCUT2D eigenvalue weighted by atomic mass is 9.84. The fourth-order valence-electron chi connectivity index (χ4n) is 5.97. The molecule has 11 nitrogen and oxygen atoms in total. The summed E-state index contributed by atoms with van der Waals surface area (Å²) >= 11 is 1.42. The molecule has 4 N–H and O–H groups in total. The van der Waals surface area contributed by atoms with Crippen molar-refractivity contribution in [2.45, 2.75) is 42.9 Å². The van der Waals surface area contributed by atoms with Crippen molar-refractivity contribution in [2.75, 3.05) is 12.3 Å². The van der Waals surface area contributed by atoms with E-state index >= 15 is 0 Å². The summed E-state index contributed by atoms with van der Waals surface area (Å²) in [5, 5.41) is 17.0. The van der Waals surface area contributed by atoms with E-state index in [1.54, 1.807) is 48.5 Å². The Morgan fingerprint density at radius 1 is 0.589 bits per heavy atom. The minimum atomic E-state index is -1.26. The van der Waals surface area contributed by atoms with E-state index in [1.165, 1.54) is 11.8 Å². The van der Waals surface area contributed by atoms with Crippen molar-refractivity contribution in [3.63, 3.8) is 0 Å².